The number of aromatic amines is 1. The minimum Gasteiger partial charge on any atom is -0.335 e. The summed E-state index contributed by atoms with van der Waals surface area (Å²) in [5.41, 5.74) is 2.29. The number of piperazine rings is 1. The lowest BCUT2D eigenvalue weighted by Gasteiger charge is -2.33. The number of para-hydroxylation sites is 1. The summed E-state index contributed by atoms with van der Waals surface area (Å²) in [6, 6.07) is 14.5. The lowest BCUT2D eigenvalue weighted by atomic mass is 10.0. The van der Waals surface area contributed by atoms with Crippen molar-refractivity contribution in [2.24, 2.45) is 0 Å². The Morgan fingerprint density at radius 1 is 1.00 bits per heavy atom. The third-order valence-corrected chi connectivity index (χ3v) is 7.30. The van der Waals surface area contributed by atoms with Crippen LogP contribution in [0, 0.1) is 0 Å². The van der Waals surface area contributed by atoms with Gasteiger partial charge in [-0.05, 0) is 29.7 Å². The number of amides is 1. The molecule has 8 heteroatoms. The first-order valence-electron chi connectivity index (χ1n) is 9.70. The van der Waals surface area contributed by atoms with Gasteiger partial charge in [0.2, 0.25) is 10.0 Å². The van der Waals surface area contributed by atoms with Crippen LogP contribution in [0.4, 0.5) is 0 Å². The molecule has 0 bridgehead atoms. The van der Waals surface area contributed by atoms with Gasteiger partial charge in [0.15, 0.2) is 5.69 Å². The number of sulfonamides is 1. The van der Waals surface area contributed by atoms with Crippen molar-refractivity contribution in [3.8, 4) is 0 Å². The molecule has 7 nitrogen and oxygen atoms in total. The molecule has 1 aromatic heterocycles. The Morgan fingerprint density at radius 3 is 2.31 bits per heavy atom. The van der Waals surface area contributed by atoms with Crippen LogP contribution in [0.1, 0.15) is 35.8 Å². The SMILES string of the molecule is CC(C)c1ccc(S(=O)(=O)N2CCN(C(=O)c3n[nH]c4ccccc34)CC2)cc1. The highest BCUT2D eigenvalue weighted by Crippen LogP contribution is 2.22. The van der Waals surface area contributed by atoms with Crippen LogP contribution in [0.15, 0.2) is 53.4 Å². The molecule has 3 aromatic rings. The van der Waals surface area contributed by atoms with Gasteiger partial charge in [-0.25, -0.2) is 8.42 Å². The first kappa shape index (κ1) is 19.6. The maximum Gasteiger partial charge on any atom is 0.275 e. The molecule has 1 N–H and O–H groups in total. The molecule has 0 aliphatic carbocycles. The largest absolute Gasteiger partial charge is 0.335 e. The number of carbonyl (C=O) groups excluding carboxylic acids is 1. The van der Waals surface area contributed by atoms with E-state index in [1.165, 1.54) is 4.31 Å². The van der Waals surface area contributed by atoms with E-state index in [0.717, 1.165) is 16.5 Å². The fourth-order valence-electron chi connectivity index (χ4n) is 3.58. The van der Waals surface area contributed by atoms with E-state index in [-0.39, 0.29) is 19.0 Å². The van der Waals surface area contributed by atoms with Crippen LogP contribution < -0.4 is 0 Å². The molecule has 4 rings (SSSR count). The zero-order valence-electron chi connectivity index (χ0n) is 16.5. The number of carbonyl (C=O) groups is 1. The van der Waals surface area contributed by atoms with E-state index < -0.39 is 10.0 Å². The lowest BCUT2D eigenvalue weighted by Crippen LogP contribution is -2.50. The highest BCUT2D eigenvalue weighted by atomic mass is 32.2. The van der Waals surface area contributed by atoms with Crippen LogP contribution in [-0.2, 0) is 10.0 Å². The Balaban J connectivity index is 1.46. The molecule has 1 aliphatic heterocycles. The molecule has 0 unspecified atom stereocenters. The summed E-state index contributed by atoms with van der Waals surface area (Å²) < 4.78 is 27.4. The molecule has 2 heterocycles. The normalized spacial score (nSPS) is 15.9. The summed E-state index contributed by atoms with van der Waals surface area (Å²) in [5, 5.41) is 7.81. The standard InChI is InChI=1S/C21H24N4O3S/c1-15(2)16-7-9-17(10-8-16)29(27,28)25-13-11-24(12-14-25)21(26)20-18-5-3-4-6-19(18)22-23-20/h3-10,15H,11-14H2,1-2H3,(H,22,23). The quantitative estimate of drug-likeness (QED) is 0.714. The van der Waals surface area contributed by atoms with Gasteiger partial charge in [-0.1, -0.05) is 44.2 Å². The fraction of sp³-hybridized carbons (Fsp3) is 0.333. The summed E-state index contributed by atoms with van der Waals surface area (Å²) in [6.07, 6.45) is 0. The number of aromatic nitrogens is 2. The number of nitrogens with one attached hydrogen (secondary N) is 1. The molecular formula is C21H24N4O3S. The molecule has 0 spiro atoms. The fourth-order valence-corrected chi connectivity index (χ4v) is 5.00. The maximum absolute atomic E-state index is 13.0. The van der Waals surface area contributed by atoms with Crippen molar-refractivity contribution in [3.63, 3.8) is 0 Å². The van der Waals surface area contributed by atoms with Crippen molar-refractivity contribution in [1.29, 1.82) is 0 Å². The number of hydrogen-bond acceptors (Lipinski definition) is 4. The van der Waals surface area contributed by atoms with Crippen LogP contribution in [0.3, 0.4) is 0 Å². The van der Waals surface area contributed by atoms with E-state index >= 15 is 0 Å². The van der Waals surface area contributed by atoms with Gasteiger partial charge in [-0.3, -0.25) is 9.89 Å². The van der Waals surface area contributed by atoms with Crippen LogP contribution in [0.5, 0.6) is 0 Å². The summed E-state index contributed by atoms with van der Waals surface area (Å²) in [5.74, 6) is 0.167. The second kappa shape index (κ2) is 7.61. The highest BCUT2D eigenvalue weighted by molar-refractivity contribution is 7.89. The Hall–Kier alpha value is -2.71. The summed E-state index contributed by atoms with van der Waals surface area (Å²) in [4.78, 5) is 14.8. The zero-order valence-corrected chi connectivity index (χ0v) is 17.3. The number of fused-ring (bicyclic) bond motifs is 1. The average molecular weight is 413 g/mol. The first-order valence-corrected chi connectivity index (χ1v) is 11.1. The van der Waals surface area contributed by atoms with Crippen molar-refractivity contribution in [2.45, 2.75) is 24.7 Å². The number of hydrogen-bond donors (Lipinski definition) is 1. The Labute approximate surface area is 170 Å². The van der Waals surface area contributed by atoms with Gasteiger partial charge in [0.05, 0.1) is 10.4 Å². The molecular weight excluding hydrogens is 388 g/mol. The van der Waals surface area contributed by atoms with Gasteiger partial charge in [-0.2, -0.15) is 9.40 Å². The van der Waals surface area contributed by atoms with Crippen LogP contribution in [-0.4, -0.2) is 59.9 Å². The molecule has 1 saturated heterocycles. The van der Waals surface area contributed by atoms with Crippen molar-refractivity contribution in [1.82, 2.24) is 19.4 Å². The topological polar surface area (TPSA) is 86.4 Å². The predicted molar refractivity (Wildman–Crippen MR) is 111 cm³/mol. The highest BCUT2D eigenvalue weighted by Gasteiger charge is 2.31. The number of H-pyrrole nitrogens is 1. The minimum atomic E-state index is -3.57. The summed E-state index contributed by atoms with van der Waals surface area (Å²) in [7, 11) is -3.57. The second-order valence-corrected chi connectivity index (χ2v) is 9.48. The molecule has 152 valence electrons. The third-order valence-electron chi connectivity index (χ3n) is 5.38. The smallest absolute Gasteiger partial charge is 0.275 e. The van der Waals surface area contributed by atoms with Crippen LogP contribution >= 0.6 is 0 Å². The molecule has 0 radical (unpaired) electrons. The molecule has 1 aliphatic rings. The monoisotopic (exact) mass is 412 g/mol. The van der Waals surface area contributed by atoms with Crippen molar-refractivity contribution >= 4 is 26.8 Å². The van der Waals surface area contributed by atoms with Gasteiger partial charge in [0.25, 0.3) is 5.91 Å². The molecule has 29 heavy (non-hydrogen) atoms. The van der Waals surface area contributed by atoms with Crippen LogP contribution in [0.2, 0.25) is 0 Å². The van der Waals surface area contributed by atoms with E-state index in [2.05, 4.69) is 24.0 Å². The van der Waals surface area contributed by atoms with Gasteiger partial charge in [0.1, 0.15) is 0 Å². The Bertz CT molecular complexity index is 1130. The van der Waals surface area contributed by atoms with Crippen molar-refractivity contribution in [2.75, 3.05) is 26.2 Å². The van der Waals surface area contributed by atoms with E-state index in [9.17, 15) is 13.2 Å². The van der Waals surface area contributed by atoms with Gasteiger partial charge < -0.3 is 4.90 Å². The number of rotatable bonds is 4. The van der Waals surface area contributed by atoms with E-state index in [4.69, 9.17) is 0 Å². The predicted octanol–water partition coefficient (Wildman–Crippen LogP) is 2.83. The van der Waals surface area contributed by atoms with Gasteiger partial charge in [0, 0.05) is 31.6 Å². The number of benzene rings is 2. The van der Waals surface area contributed by atoms with Crippen molar-refractivity contribution in [3.05, 3.63) is 59.8 Å². The molecule has 1 fully saturated rings. The Morgan fingerprint density at radius 2 is 1.66 bits per heavy atom. The van der Waals surface area contributed by atoms with Gasteiger partial charge in [-0.15, -0.1) is 0 Å². The lowest BCUT2D eigenvalue weighted by molar-refractivity contribution is 0.0694. The van der Waals surface area contributed by atoms with Crippen LogP contribution in [0.25, 0.3) is 10.9 Å². The van der Waals surface area contributed by atoms with E-state index in [0.29, 0.717) is 29.6 Å². The third kappa shape index (κ3) is 3.65. The molecule has 1 amide bonds. The number of nitrogens with zero attached hydrogens (tertiary/aromatic N) is 3. The summed E-state index contributed by atoms with van der Waals surface area (Å²) in [6.45, 7) is 5.35. The average Bonchev–Trinajstić information content (AvgIpc) is 3.17. The minimum absolute atomic E-state index is 0.180. The molecule has 0 atom stereocenters. The van der Waals surface area contributed by atoms with E-state index in [1.807, 2.05) is 36.4 Å². The maximum atomic E-state index is 13.0. The Kier molecular flexibility index (Phi) is 5.14. The zero-order chi connectivity index (χ0) is 20.6. The van der Waals surface area contributed by atoms with Crippen molar-refractivity contribution < 1.29 is 13.2 Å². The molecule has 2 aromatic carbocycles. The second-order valence-electron chi connectivity index (χ2n) is 7.54. The first-order chi connectivity index (χ1) is 13.9. The molecule has 0 saturated carbocycles. The van der Waals surface area contributed by atoms with Gasteiger partial charge >= 0.3 is 0 Å². The van der Waals surface area contributed by atoms with E-state index in [1.54, 1.807) is 17.0 Å². The summed E-state index contributed by atoms with van der Waals surface area (Å²) >= 11 is 0.